The summed E-state index contributed by atoms with van der Waals surface area (Å²) in [4.78, 5) is 16.0. The first-order valence-corrected chi connectivity index (χ1v) is 6.22. The van der Waals surface area contributed by atoms with Gasteiger partial charge in [-0.25, -0.2) is 4.98 Å². The molecule has 100 valence electrons. The largest absolute Gasteiger partial charge is 0.451 e. The van der Waals surface area contributed by atoms with E-state index in [2.05, 4.69) is 10.3 Å². The van der Waals surface area contributed by atoms with Gasteiger partial charge in [0.1, 0.15) is 5.58 Å². The van der Waals surface area contributed by atoms with E-state index in [-0.39, 0.29) is 10.9 Å². The molecule has 0 bridgehead atoms. The number of nitrogens with one attached hydrogen (secondary N) is 1. The van der Waals surface area contributed by atoms with Crippen molar-refractivity contribution in [1.82, 2.24) is 4.98 Å². The Labute approximate surface area is 119 Å². The molecule has 0 radical (unpaired) electrons. The molecule has 5 nitrogen and oxygen atoms in total. The van der Waals surface area contributed by atoms with Crippen LogP contribution < -0.4 is 11.1 Å². The minimum atomic E-state index is -0.394. The molecule has 3 rings (SSSR count). The first-order chi connectivity index (χ1) is 9.63. The Kier molecular flexibility index (Phi) is 3.04. The number of hydrogen-bond acceptors (Lipinski definition) is 4. The fraction of sp³-hybridized carbons (Fsp3) is 0. The summed E-state index contributed by atoms with van der Waals surface area (Å²) in [6.45, 7) is 0. The third-order valence-corrected chi connectivity index (χ3v) is 3.07. The van der Waals surface area contributed by atoms with Crippen molar-refractivity contribution in [1.29, 1.82) is 0 Å². The van der Waals surface area contributed by atoms with Crippen LogP contribution in [0, 0.1) is 0 Å². The van der Waals surface area contributed by atoms with Gasteiger partial charge in [-0.05, 0) is 36.4 Å². The van der Waals surface area contributed by atoms with Crippen LogP contribution in [0.5, 0.6) is 0 Å². The summed E-state index contributed by atoms with van der Waals surface area (Å²) in [5.74, 6) is -0.208. The maximum Gasteiger partial charge on any atom is 0.291 e. The van der Waals surface area contributed by atoms with Crippen LogP contribution in [0.4, 0.5) is 11.4 Å². The Bertz CT molecular complexity index is 798. The molecular formula is C14H10ClN3O2. The molecule has 0 aliphatic rings. The van der Waals surface area contributed by atoms with Crippen LogP contribution >= 0.6 is 11.6 Å². The predicted octanol–water partition coefficient (Wildman–Crippen LogP) is 3.32. The number of aromatic nitrogens is 1. The zero-order valence-electron chi connectivity index (χ0n) is 10.3. The summed E-state index contributed by atoms with van der Waals surface area (Å²) in [5.41, 5.74) is 7.32. The highest BCUT2D eigenvalue weighted by molar-refractivity contribution is 6.32. The number of fused-ring (bicyclic) bond motifs is 1. The molecule has 1 amide bonds. The molecule has 2 heterocycles. The Balaban J connectivity index is 1.91. The molecule has 6 heteroatoms. The molecule has 1 aromatic carbocycles. The lowest BCUT2D eigenvalue weighted by Crippen LogP contribution is -2.11. The van der Waals surface area contributed by atoms with E-state index in [9.17, 15) is 4.79 Å². The molecule has 3 N–H and O–H groups in total. The standard InChI is InChI=1S/C14H10ClN3O2/c15-13-10(2-1-5-17-13)18-14(19)12-7-8-6-9(16)3-4-11(8)20-12/h1-7H,16H2,(H,18,19). The summed E-state index contributed by atoms with van der Waals surface area (Å²) in [7, 11) is 0. The van der Waals surface area contributed by atoms with Crippen molar-refractivity contribution >= 4 is 39.9 Å². The number of furan rings is 1. The predicted molar refractivity (Wildman–Crippen MR) is 77.8 cm³/mol. The zero-order valence-corrected chi connectivity index (χ0v) is 11.0. The van der Waals surface area contributed by atoms with E-state index in [1.807, 2.05) is 0 Å². The van der Waals surface area contributed by atoms with Gasteiger partial charge in [-0.15, -0.1) is 0 Å². The van der Waals surface area contributed by atoms with Crippen molar-refractivity contribution in [2.45, 2.75) is 0 Å². The molecule has 0 fully saturated rings. The second-order valence-electron chi connectivity index (χ2n) is 4.20. The third kappa shape index (κ3) is 2.31. The van der Waals surface area contributed by atoms with E-state index in [1.165, 1.54) is 0 Å². The minimum absolute atomic E-state index is 0.186. The van der Waals surface area contributed by atoms with Gasteiger partial charge in [0.15, 0.2) is 10.9 Å². The van der Waals surface area contributed by atoms with Gasteiger partial charge in [-0.3, -0.25) is 4.79 Å². The summed E-state index contributed by atoms with van der Waals surface area (Å²) in [6, 6.07) is 10.1. The first kappa shape index (κ1) is 12.5. The number of pyridine rings is 1. The molecule has 0 aliphatic heterocycles. The monoisotopic (exact) mass is 287 g/mol. The summed E-state index contributed by atoms with van der Waals surface area (Å²) < 4.78 is 5.47. The van der Waals surface area contributed by atoms with Crippen LogP contribution in [0.25, 0.3) is 11.0 Å². The number of benzene rings is 1. The average Bonchev–Trinajstić information content (AvgIpc) is 2.84. The maximum atomic E-state index is 12.1. The van der Waals surface area contributed by atoms with Gasteiger partial charge < -0.3 is 15.5 Å². The van der Waals surface area contributed by atoms with Crippen molar-refractivity contribution in [2.75, 3.05) is 11.1 Å². The Morgan fingerprint density at radius 1 is 1.30 bits per heavy atom. The first-order valence-electron chi connectivity index (χ1n) is 5.84. The normalized spacial score (nSPS) is 10.7. The molecule has 3 aromatic rings. The molecule has 0 atom stereocenters. The summed E-state index contributed by atoms with van der Waals surface area (Å²) in [6.07, 6.45) is 1.54. The Morgan fingerprint density at radius 3 is 2.95 bits per heavy atom. The lowest BCUT2D eigenvalue weighted by Gasteiger charge is -2.03. The third-order valence-electron chi connectivity index (χ3n) is 2.77. The van der Waals surface area contributed by atoms with Gasteiger partial charge in [0, 0.05) is 17.3 Å². The Hall–Kier alpha value is -2.53. The van der Waals surface area contributed by atoms with E-state index in [0.717, 1.165) is 5.39 Å². The van der Waals surface area contributed by atoms with Crippen molar-refractivity contribution in [2.24, 2.45) is 0 Å². The fourth-order valence-corrected chi connectivity index (χ4v) is 2.00. The molecule has 0 spiro atoms. The van der Waals surface area contributed by atoms with Gasteiger partial charge in [0.05, 0.1) is 5.69 Å². The number of hydrogen-bond donors (Lipinski definition) is 2. The molecule has 0 saturated heterocycles. The number of rotatable bonds is 2. The van der Waals surface area contributed by atoms with Gasteiger partial charge in [0.2, 0.25) is 0 Å². The number of carbonyl (C=O) groups excluding carboxylic acids is 1. The summed E-state index contributed by atoms with van der Waals surface area (Å²) >= 11 is 5.88. The number of carbonyl (C=O) groups is 1. The zero-order chi connectivity index (χ0) is 14.1. The second kappa shape index (κ2) is 4.86. The number of nitrogen functional groups attached to an aromatic ring is 1. The van der Waals surface area contributed by atoms with E-state index in [4.69, 9.17) is 21.8 Å². The molecule has 20 heavy (non-hydrogen) atoms. The van der Waals surface area contributed by atoms with Crippen LogP contribution in [0.1, 0.15) is 10.6 Å². The number of halogens is 1. The molecule has 0 saturated carbocycles. The smallest absolute Gasteiger partial charge is 0.291 e. The average molecular weight is 288 g/mol. The fourth-order valence-electron chi connectivity index (χ4n) is 1.84. The van der Waals surface area contributed by atoms with Crippen LogP contribution in [0.15, 0.2) is 47.0 Å². The van der Waals surface area contributed by atoms with Crippen molar-refractivity contribution in [3.05, 3.63) is 53.5 Å². The molecule has 0 aliphatic carbocycles. The molecule has 0 unspecified atom stereocenters. The van der Waals surface area contributed by atoms with Crippen LogP contribution in [-0.4, -0.2) is 10.9 Å². The minimum Gasteiger partial charge on any atom is -0.451 e. The number of amides is 1. The van der Waals surface area contributed by atoms with Gasteiger partial charge in [0.25, 0.3) is 5.91 Å². The quantitative estimate of drug-likeness (QED) is 0.559. The topological polar surface area (TPSA) is 81.1 Å². The SMILES string of the molecule is Nc1ccc2oc(C(=O)Nc3cccnc3Cl)cc2c1. The van der Waals surface area contributed by atoms with Crippen molar-refractivity contribution < 1.29 is 9.21 Å². The van der Waals surface area contributed by atoms with Crippen molar-refractivity contribution in [3.8, 4) is 0 Å². The van der Waals surface area contributed by atoms with Gasteiger partial charge in [-0.2, -0.15) is 0 Å². The number of anilines is 2. The van der Waals surface area contributed by atoms with E-state index in [0.29, 0.717) is 17.0 Å². The van der Waals surface area contributed by atoms with Crippen LogP contribution in [-0.2, 0) is 0 Å². The van der Waals surface area contributed by atoms with Gasteiger partial charge in [-0.1, -0.05) is 11.6 Å². The number of nitrogens with zero attached hydrogens (tertiary/aromatic N) is 1. The van der Waals surface area contributed by atoms with E-state index >= 15 is 0 Å². The molecule has 2 aromatic heterocycles. The highest BCUT2D eigenvalue weighted by atomic mass is 35.5. The second-order valence-corrected chi connectivity index (χ2v) is 4.56. The van der Waals surface area contributed by atoms with Crippen LogP contribution in [0.2, 0.25) is 5.15 Å². The number of nitrogens with two attached hydrogens (primary N) is 1. The highest BCUT2D eigenvalue weighted by Crippen LogP contribution is 2.23. The van der Waals surface area contributed by atoms with E-state index in [1.54, 1.807) is 42.6 Å². The van der Waals surface area contributed by atoms with Crippen LogP contribution in [0.3, 0.4) is 0 Å². The lowest BCUT2D eigenvalue weighted by molar-refractivity contribution is 0.0998. The van der Waals surface area contributed by atoms with Crippen molar-refractivity contribution in [3.63, 3.8) is 0 Å². The lowest BCUT2D eigenvalue weighted by atomic mass is 10.2. The summed E-state index contributed by atoms with van der Waals surface area (Å²) in [5, 5.41) is 3.64. The maximum absolute atomic E-state index is 12.1. The Morgan fingerprint density at radius 2 is 2.15 bits per heavy atom. The molecular weight excluding hydrogens is 278 g/mol. The van der Waals surface area contributed by atoms with Gasteiger partial charge >= 0.3 is 0 Å². The highest BCUT2D eigenvalue weighted by Gasteiger charge is 2.14. The van der Waals surface area contributed by atoms with E-state index < -0.39 is 5.91 Å².